The maximum atomic E-state index is 11.9. The molecule has 1 saturated carbocycles. The molecule has 3 N–H and O–H groups in total. The highest BCUT2D eigenvalue weighted by Gasteiger charge is 2.34. The molecule has 0 unspecified atom stereocenters. The zero-order valence-electron chi connectivity index (χ0n) is 13.5. The van der Waals surface area contributed by atoms with Crippen LogP contribution in [-0.4, -0.2) is 23.3 Å². The van der Waals surface area contributed by atoms with E-state index in [0.29, 0.717) is 18.9 Å². The van der Waals surface area contributed by atoms with Crippen LogP contribution in [0.4, 0.5) is 10.5 Å². The lowest BCUT2D eigenvalue weighted by Crippen LogP contribution is -2.48. The number of nitrogens with one attached hydrogen (secondary N) is 2. The van der Waals surface area contributed by atoms with Crippen molar-refractivity contribution in [3.05, 3.63) is 54.0 Å². The van der Waals surface area contributed by atoms with Crippen LogP contribution in [0.1, 0.15) is 30.6 Å². The summed E-state index contributed by atoms with van der Waals surface area (Å²) in [6.07, 6.45) is 4.12. The van der Waals surface area contributed by atoms with Gasteiger partial charge < -0.3 is 24.9 Å². The number of aliphatic hydroxyl groups is 1. The number of benzene rings is 1. The van der Waals surface area contributed by atoms with Gasteiger partial charge >= 0.3 is 6.03 Å². The monoisotopic (exact) mass is 330 g/mol. The lowest BCUT2D eigenvalue weighted by Gasteiger charge is -2.36. The van der Waals surface area contributed by atoms with Crippen molar-refractivity contribution in [1.29, 1.82) is 0 Å². The number of anilines is 1. The van der Waals surface area contributed by atoms with E-state index in [4.69, 9.17) is 9.15 Å². The highest BCUT2D eigenvalue weighted by molar-refractivity contribution is 5.89. The summed E-state index contributed by atoms with van der Waals surface area (Å²) in [5, 5.41) is 15.5. The average molecular weight is 330 g/mol. The van der Waals surface area contributed by atoms with Crippen LogP contribution in [0.15, 0.2) is 47.1 Å². The van der Waals surface area contributed by atoms with E-state index in [9.17, 15) is 9.90 Å². The van der Waals surface area contributed by atoms with Crippen molar-refractivity contribution in [3.8, 4) is 0 Å². The minimum Gasteiger partial charge on any atom is -0.467 e. The molecule has 0 radical (unpaired) electrons. The fourth-order valence-corrected chi connectivity index (χ4v) is 2.58. The van der Waals surface area contributed by atoms with Gasteiger partial charge in [0.1, 0.15) is 12.4 Å². The van der Waals surface area contributed by atoms with Crippen molar-refractivity contribution >= 4 is 11.7 Å². The minimum absolute atomic E-state index is 0.283. The van der Waals surface area contributed by atoms with Crippen LogP contribution in [0.3, 0.4) is 0 Å². The molecule has 1 heterocycles. The number of amides is 2. The summed E-state index contributed by atoms with van der Waals surface area (Å²) in [5.74, 6) is 0.776. The van der Waals surface area contributed by atoms with Gasteiger partial charge in [-0.05, 0) is 49.1 Å². The van der Waals surface area contributed by atoms with E-state index >= 15 is 0 Å². The average Bonchev–Trinajstić information content (AvgIpc) is 3.05. The molecule has 0 atom stereocenters. The van der Waals surface area contributed by atoms with E-state index in [0.717, 1.165) is 30.6 Å². The Kier molecular flexibility index (Phi) is 5.17. The molecular weight excluding hydrogens is 308 g/mol. The molecule has 1 aromatic carbocycles. The molecule has 0 spiro atoms. The molecule has 6 nitrogen and oxygen atoms in total. The molecule has 2 aromatic rings. The van der Waals surface area contributed by atoms with Crippen molar-refractivity contribution < 1.29 is 19.1 Å². The van der Waals surface area contributed by atoms with Crippen molar-refractivity contribution in [2.24, 2.45) is 0 Å². The van der Waals surface area contributed by atoms with E-state index in [1.807, 2.05) is 36.4 Å². The summed E-state index contributed by atoms with van der Waals surface area (Å²) in [5.41, 5.74) is 0.919. The maximum absolute atomic E-state index is 11.9. The molecule has 3 rings (SSSR count). The first-order valence-electron chi connectivity index (χ1n) is 8.09. The van der Waals surface area contributed by atoms with E-state index < -0.39 is 5.60 Å². The van der Waals surface area contributed by atoms with Gasteiger partial charge in [0.15, 0.2) is 0 Å². The molecule has 24 heavy (non-hydrogen) atoms. The van der Waals surface area contributed by atoms with Gasteiger partial charge in [0.25, 0.3) is 0 Å². The van der Waals surface area contributed by atoms with Crippen LogP contribution in [0.5, 0.6) is 0 Å². The van der Waals surface area contributed by atoms with Crippen LogP contribution in [0.25, 0.3) is 0 Å². The van der Waals surface area contributed by atoms with Gasteiger partial charge in [0.05, 0.1) is 18.5 Å². The Morgan fingerprint density at radius 3 is 2.83 bits per heavy atom. The topological polar surface area (TPSA) is 83.7 Å². The number of ether oxygens (including phenoxy) is 1. The van der Waals surface area contributed by atoms with Gasteiger partial charge in [-0.3, -0.25) is 0 Å². The summed E-state index contributed by atoms with van der Waals surface area (Å²) in [4.78, 5) is 11.9. The second-order valence-electron chi connectivity index (χ2n) is 6.16. The smallest absolute Gasteiger partial charge is 0.319 e. The number of hydrogen-bond acceptors (Lipinski definition) is 4. The van der Waals surface area contributed by atoms with Crippen molar-refractivity contribution in [3.63, 3.8) is 0 Å². The quantitative estimate of drug-likeness (QED) is 0.728. The Morgan fingerprint density at radius 2 is 2.12 bits per heavy atom. The first-order chi connectivity index (χ1) is 11.6. The zero-order valence-corrected chi connectivity index (χ0v) is 13.5. The second-order valence-corrected chi connectivity index (χ2v) is 6.16. The zero-order chi connectivity index (χ0) is 16.8. The summed E-state index contributed by atoms with van der Waals surface area (Å²) in [6.45, 7) is 1.12. The molecule has 128 valence electrons. The molecule has 0 bridgehead atoms. The van der Waals surface area contributed by atoms with E-state index in [1.165, 1.54) is 0 Å². The highest BCUT2D eigenvalue weighted by Crippen LogP contribution is 2.30. The highest BCUT2D eigenvalue weighted by atomic mass is 16.5. The predicted octanol–water partition coefficient (Wildman–Crippen LogP) is 3.03. The first kappa shape index (κ1) is 16.5. The van der Waals surface area contributed by atoms with Crippen molar-refractivity contribution in [2.75, 3.05) is 11.9 Å². The Morgan fingerprint density at radius 1 is 1.25 bits per heavy atom. The number of furan rings is 1. The van der Waals surface area contributed by atoms with Gasteiger partial charge in [-0.2, -0.15) is 0 Å². The Bertz CT molecular complexity index is 665. The van der Waals surface area contributed by atoms with Crippen LogP contribution in [-0.2, 0) is 18.0 Å². The number of hydrogen-bond donors (Lipinski definition) is 3. The summed E-state index contributed by atoms with van der Waals surface area (Å²) >= 11 is 0. The summed E-state index contributed by atoms with van der Waals surface area (Å²) < 4.78 is 10.8. The second kappa shape index (κ2) is 7.51. The largest absolute Gasteiger partial charge is 0.467 e. The number of urea groups is 1. The predicted molar refractivity (Wildman–Crippen MR) is 89.5 cm³/mol. The first-order valence-corrected chi connectivity index (χ1v) is 8.09. The maximum Gasteiger partial charge on any atom is 0.319 e. The summed E-state index contributed by atoms with van der Waals surface area (Å²) in [7, 11) is 0. The Labute approximate surface area is 140 Å². The van der Waals surface area contributed by atoms with Gasteiger partial charge in [0, 0.05) is 12.2 Å². The van der Waals surface area contributed by atoms with Crippen molar-refractivity contribution in [1.82, 2.24) is 5.32 Å². The van der Waals surface area contributed by atoms with Crippen molar-refractivity contribution in [2.45, 2.75) is 38.1 Å². The molecule has 1 aliphatic carbocycles. The number of carbonyl (C=O) groups excluding carboxylic acids is 1. The lowest BCUT2D eigenvalue weighted by atomic mass is 9.80. The fraction of sp³-hybridized carbons (Fsp3) is 0.389. The third-order valence-corrected chi connectivity index (χ3v) is 4.14. The van der Waals surface area contributed by atoms with E-state index in [-0.39, 0.29) is 12.6 Å². The van der Waals surface area contributed by atoms with Gasteiger partial charge in [-0.1, -0.05) is 12.1 Å². The minimum atomic E-state index is -0.723. The van der Waals surface area contributed by atoms with Crippen LogP contribution >= 0.6 is 0 Å². The summed E-state index contributed by atoms with van der Waals surface area (Å²) in [6, 6.07) is 10.8. The van der Waals surface area contributed by atoms with E-state index in [1.54, 1.807) is 6.26 Å². The molecule has 0 aliphatic heterocycles. The Hall–Kier alpha value is -2.31. The molecule has 1 aromatic heterocycles. The number of carbonyl (C=O) groups is 1. The Balaban J connectivity index is 1.44. The van der Waals surface area contributed by atoms with Crippen LogP contribution < -0.4 is 10.6 Å². The van der Waals surface area contributed by atoms with Gasteiger partial charge in [-0.15, -0.1) is 0 Å². The SMILES string of the molecule is O=C(NCC1(O)CCC1)Nc1cccc(COCc2ccco2)c1. The molecule has 1 fully saturated rings. The molecule has 6 heteroatoms. The normalized spacial score (nSPS) is 15.5. The number of rotatable bonds is 7. The van der Waals surface area contributed by atoms with Gasteiger partial charge in [0.2, 0.25) is 0 Å². The lowest BCUT2D eigenvalue weighted by molar-refractivity contribution is -0.0287. The van der Waals surface area contributed by atoms with Crippen LogP contribution in [0.2, 0.25) is 0 Å². The van der Waals surface area contributed by atoms with Crippen LogP contribution in [0, 0.1) is 0 Å². The fourth-order valence-electron chi connectivity index (χ4n) is 2.58. The third kappa shape index (κ3) is 4.59. The van der Waals surface area contributed by atoms with Gasteiger partial charge in [-0.25, -0.2) is 4.79 Å². The molecular formula is C18H22N2O4. The molecule has 0 saturated heterocycles. The standard InChI is InChI=1S/C18H22N2O4/c21-17(19-13-18(22)7-3-8-18)20-15-5-1-4-14(10-15)11-23-12-16-6-2-9-24-16/h1-2,4-6,9-10,22H,3,7-8,11-13H2,(H2,19,20,21). The molecule has 1 aliphatic rings. The molecule has 2 amide bonds. The third-order valence-electron chi connectivity index (χ3n) is 4.14. The van der Waals surface area contributed by atoms with E-state index in [2.05, 4.69) is 10.6 Å².